The maximum absolute atomic E-state index is 14.4. The topological polar surface area (TPSA) is 37.7 Å². The Morgan fingerprint density at radius 3 is 2.28 bits per heavy atom. The van der Waals surface area contributed by atoms with Crippen molar-refractivity contribution in [3.63, 3.8) is 0 Å². The number of hydrogen-bond acceptors (Lipinski definition) is 3. The number of rotatable bonds is 4. The minimum absolute atomic E-state index is 0.00949. The van der Waals surface area contributed by atoms with E-state index in [-0.39, 0.29) is 18.0 Å². The lowest BCUT2D eigenvalue weighted by atomic mass is 10.1. The first-order valence-electron chi connectivity index (χ1n) is 10.2. The van der Waals surface area contributed by atoms with Crippen LogP contribution in [-0.2, 0) is 11.3 Å². The fourth-order valence-electron chi connectivity index (χ4n) is 4.52. The van der Waals surface area contributed by atoms with E-state index >= 15 is 0 Å². The van der Waals surface area contributed by atoms with Crippen molar-refractivity contribution < 1.29 is 18.3 Å². The summed E-state index contributed by atoms with van der Waals surface area (Å²) >= 11 is 0. The number of morpholine rings is 1. The molecule has 2 aliphatic heterocycles. The maximum Gasteiger partial charge on any atom is 0.270 e. The molecular formula is C22H27F2N3O2. The van der Waals surface area contributed by atoms with Crippen LogP contribution in [0.1, 0.15) is 40.2 Å². The minimum atomic E-state index is -0.594. The number of ether oxygens (including phenoxy) is 1. The number of halogens is 2. The summed E-state index contributed by atoms with van der Waals surface area (Å²) in [6.07, 6.45) is 1.98. The third kappa shape index (κ3) is 3.64. The second-order valence-corrected chi connectivity index (χ2v) is 7.79. The van der Waals surface area contributed by atoms with E-state index < -0.39 is 11.6 Å². The second-order valence-electron chi connectivity index (χ2n) is 7.79. The third-order valence-electron chi connectivity index (χ3n) is 6.03. The van der Waals surface area contributed by atoms with E-state index in [2.05, 4.69) is 4.90 Å². The van der Waals surface area contributed by atoms with Crippen LogP contribution in [0.15, 0.2) is 18.2 Å². The molecule has 2 aromatic rings. The first-order valence-corrected chi connectivity index (χ1v) is 10.2. The lowest BCUT2D eigenvalue weighted by Gasteiger charge is -2.29. The van der Waals surface area contributed by atoms with Gasteiger partial charge in [0.2, 0.25) is 0 Å². The van der Waals surface area contributed by atoms with E-state index in [1.54, 1.807) is 4.57 Å². The summed E-state index contributed by atoms with van der Waals surface area (Å²) in [7, 11) is 0. The van der Waals surface area contributed by atoms with Crippen molar-refractivity contribution in [3.05, 3.63) is 52.3 Å². The van der Waals surface area contributed by atoms with Crippen LogP contribution in [0.5, 0.6) is 0 Å². The molecule has 0 unspecified atom stereocenters. The first kappa shape index (κ1) is 19.9. The molecule has 0 bridgehead atoms. The summed E-state index contributed by atoms with van der Waals surface area (Å²) in [5, 5.41) is 0. The molecule has 0 atom stereocenters. The largest absolute Gasteiger partial charge is 0.378 e. The predicted molar refractivity (Wildman–Crippen MR) is 108 cm³/mol. The fourth-order valence-corrected chi connectivity index (χ4v) is 4.52. The second kappa shape index (κ2) is 8.14. The zero-order valence-electron chi connectivity index (χ0n) is 17.0. The van der Waals surface area contributed by atoms with E-state index in [0.717, 1.165) is 56.0 Å². The Balaban J connectivity index is 1.82. The van der Waals surface area contributed by atoms with Crippen LogP contribution in [0.3, 0.4) is 0 Å². The zero-order chi connectivity index (χ0) is 20.5. The van der Waals surface area contributed by atoms with Gasteiger partial charge in [-0.05, 0) is 38.8 Å². The Kier molecular flexibility index (Phi) is 5.58. The van der Waals surface area contributed by atoms with Crippen molar-refractivity contribution >= 4 is 11.6 Å². The summed E-state index contributed by atoms with van der Waals surface area (Å²) in [6, 6.07) is 3.88. The van der Waals surface area contributed by atoms with E-state index in [0.29, 0.717) is 18.9 Å². The summed E-state index contributed by atoms with van der Waals surface area (Å²) in [5.41, 5.74) is 3.23. The number of benzene rings is 1. The minimum Gasteiger partial charge on any atom is -0.378 e. The average Bonchev–Trinajstić information content (AvgIpc) is 3.32. The molecule has 1 amide bonds. The monoisotopic (exact) mass is 403 g/mol. The molecule has 0 aliphatic carbocycles. The number of nitrogens with zero attached hydrogens (tertiary/aromatic N) is 3. The standard InChI is InChI=1S/C22H27F2N3O2/c1-15-20(25-10-12-29-13-11-25)16(2)27(14-17-18(23)6-5-7-19(17)24)21(15)22(28)26-8-3-4-9-26/h5-7H,3-4,8-14H2,1-2H3. The fraction of sp³-hybridized carbons (Fsp3) is 0.500. The lowest BCUT2D eigenvalue weighted by molar-refractivity contribution is 0.0781. The van der Waals surface area contributed by atoms with Gasteiger partial charge in [0.25, 0.3) is 5.91 Å². The molecule has 2 aliphatic rings. The van der Waals surface area contributed by atoms with Crippen molar-refractivity contribution in [1.29, 1.82) is 0 Å². The Morgan fingerprint density at radius 1 is 1.03 bits per heavy atom. The molecule has 2 fully saturated rings. The Labute approximate surface area is 169 Å². The highest BCUT2D eigenvalue weighted by Gasteiger charge is 2.31. The predicted octanol–water partition coefficient (Wildman–Crippen LogP) is 3.50. The van der Waals surface area contributed by atoms with Gasteiger partial charge in [0.1, 0.15) is 17.3 Å². The molecule has 0 spiro atoms. The van der Waals surface area contributed by atoms with Gasteiger partial charge >= 0.3 is 0 Å². The van der Waals surface area contributed by atoms with Gasteiger partial charge in [-0.25, -0.2) is 8.78 Å². The molecule has 2 saturated heterocycles. The highest BCUT2D eigenvalue weighted by atomic mass is 19.1. The van der Waals surface area contributed by atoms with E-state index in [9.17, 15) is 13.6 Å². The number of anilines is 1. The van der Waals surface area contributed by atoms with Crippen molar-refractivity contribution in [2.45, 2.75) is 33.2 Å². The summed E-state index contributed by atoms with van der Waals surface area (Å²) in [5.74, 6) is -1.24. The molecule has 7 heteroatoms. The van der Waals surface area contributed by atoms with Crippen molar-refractivity contribution in [1.82, 2.24) is 9.47 Å². The van der Waals surface area contributed by atoms with Gasteiger partial charge in [0, 0.05) is 43.0 Å². The zero-order valence-corrected chi connectivity index (χ0v) is 17.0. The van der Waals surface area contributed by atoms with Crippen LogP contribution in [-0.4, -0.2) is 54.8 Å². The van der Waals surface area contributed by atoms with Crippen LogP contribution in [0.2, 0.25) is 0 Å². The van der Waals surface area contributed by atoms with Gasteiger partial charge in [-0.2, -0.15) is 0 Å². The molecule has 3 heterocycles. The normalized spacial score (nSPS) is 17.2. The van der Waals surface area contributed by atoms with Crippen molar-refractivity contribution in [2.24, 2.45) is 0 Å². The highest BCUT2D eigenvalue weighted by molar-refractivity contribution is 5.97. The van der Waals surface area contributed by atoms with Gasteiger partial charge < -0.3 is 19.1 Å². The number of amides is 1. The maximum atomic E-state index is 14.4. The highest BCUT2D eigenvalue weighted by Crippen LogP contribution is 2.34. The molecule has 4 rings (SSSR count). The van der Waals surface area contributed by atoms with Crippen LogP contribution < -0.4 is 4.90 Å². The van der Waals surface area contributed by atoms with Crippen LogP contribution in [0.25, 0.3) is 0 Å². The van der Waals surface area contributed by atoms with E-state index in [4.69, 9.17) is 4.74 Å². The Bertz CT molecular complexity index is 893. The SMILES string of the molecule is Cc1c(N2CCOCC2)c(C)n(Cc2c(F)cccc2F)c1C(=O)N1CCCC1. The van der Waals surface area contributed by atoms with Gasteiger partial charge in [-0.15, -0.1) is 0 Å². The van der Waals surface area contributed by atoms with Crippen LogP contribution >= 0.6 is 0 Å². The molecule has 0 saturated carbocycles. The van der Waals surface area contributed by atoms with E-state index in [1.807, 2.05) is 18.7 Å². The van der Waals surface area contributed by atoms with Crippen molar-refractivity contribution in [2.75, 3.05) is 44.3 Å². The Morgan fingerprint density at radius 2 is 1.66 bits per heavy atom. The number of likely N-dealkylation sites (tertiary alicyclic amines) is 1. The smallest absolute Gasteiger partial charge is 0.270 e. The summed E-state index contributed by atoms with van der Waals surface area (Å²) in [6.45, 7) is 8.03. The molecule has 1 aromatic heterocycles. The summed E-state index contributed by atoms with van der Waals surface area (Å²) < 4.78 is 36.0. The van der Waals surface area contributed by atoms with Crippen LogP contribution in [0.4, 0.5) is 14.5 Å². The third-order valence-corrected chi connectivity index (χ3v) is 6.03. The van der Waals surface area contributed by atoms with Crippen molar-refractivity contribution in [3.8, 4) is 0 Å². The number of aromatic nitrogens is 1. The lowest BCUT2D eigenvalue weighted by Crippen LogP contribution is -2.36. The molecule has 1 aromatic carbocycles. The van der Waals surface area contributed by atoms with Crippen LogP contribution in [0, 0.1) is 25.5 Å². The summed E-state index contributed by atoms with van der Waals surface area (Å²) in [4.78, 5) is 17.4. The van der Waals surface area contributed by atoms with Gasteiger partial charge in [-0.3, -0.25) is 4.79 Å². The molecule has 156 valence electrons. The number of carbonyl (C=O) groups excluding carboxylic acids is 1. The molecular weight excluding hydrogens is 376 g/mol. The first-order chi connectivity index (χ1) is 14.0. The average molecular weight is 403 g/mol. The van der Waals surface area contributed by atoms with Gasteiger partial charge in [-0.1, -0.05) is 6.07 Å². The molecule has 29 heavy (non-hydrogen) atoms. The Hall–Kier alpha value is -2.41. The quantitative estimate of drug-likeness (QED) is 0.784. The molecule has 5 nitrogen and oxygen atoms in total. The molecule has 0 radical (unpaired) electrons. The van der Waals surface area contributed by atoms with Gasteiger partial charge in [0.15, 0.2) is 0 Å². The number of hydrogen-bond donors (Lipinski definition) is 0. The number of carbonyl (C=O) groups is 1. The molecule has 0 N–H and O–H groups in total. The van der Waals surface area contributed by atoms with E-state index in [1.165, 1.54) is 18.2 Å². The van der Waals surface area contributed by atoms with Gasteiger partial charge in [0.05, 0.1) is 25.4 Å².